The van der Waals surface area contributed by atoms with E-state index in [-0.39, 0.29) is 24.3 Å². The maximum Gasteiger partial charge on any atom is 0.311 e. The van der Waals surface area contributed by atoms with Gasteiger partial charge in [0.2, 0.25) is 11.5 Å². The minimum Gasteiger partial charge on any atom is -0.504 e. The van der Waals surface area contributed by atoms with Crippen LogP contribution >= 0.6 is 0 Å². The van der Waals surface area contributed by atoms with Gasteiger partial charge in [-0.2, -0.15) is 0 Å². The molecule has 0 aromatic heterocycles. The molecule has 10 nitrogen and oxygen atoms in total. The highest BCUT2D eigenvalue weighted by Gasteiger charge is 2.28. The molecule has 6 N–H and O–H groups in total. The Bertz CT molecular complexity index is 826. The van der Waals surface area contributed by atoms with Crippen LogP contribution in [-0.4, -0.2) is 42.6 Å². The second kappa shape index (κ2) is 8.05. The molecule has 0 amide bonds. The summed E-state index contributed by atoms with van der Waals surface area (Å²) in [6.45, 7) is 3.18. The van der Waals surface area contributed by atoms with Crippen LogP contribution in [0.15, 0.2) is 24.3 Å². The molecule has 0 saturated carbocycles. The van der Waals surface area contributed by atoms with Crippen molar-refractivity contribution < 1.29 is 49.7 Å². The third-order valence-corrected chi connectivity index (χ3v) is 3.80. The molecule has 0 spiro atoms. The highest BCUT2D eigenvalue weighted by atomic mass is 16.5. The number of carbonyl (C=O) groups excluding carboxylic acids is 2. The first-order valence-electron chi connectivity index (χ1n) is 8.29. The van der Waals surface area contributed by atoms with Crippen molar-refractivity contribution in [2.75, 3.05) is 0 Å². The average Bonchev–Trinajstić information content (AvgIpc) is 2.55. The largest absolute Gasteiger partial charge is 0.504 e. The molecule has 0 aliphatic heterocycles. The van der Waals surface area contributed by atoms with Gasteiger partial charge < -0.3 is 40.1 Å². The fraction of sp³-hybridized carbons (Fsp3) is 0.263. The Labute approximate surface area is 164 Å². The van der Waals surface area contributed by atoms with Gasteiger partial charge in [-0.05, 0) is 5.41 Å². The number of esters is 2. The molecule has 0 saturated heterocycles. The monoisotopic (exact) mass is 408 g/mol. The summed E-state index contributed by atoms with van der Waals surface area (Å²) >= 11 is 0. The summed E-state index contributed by atoms with van der Waals surface area (Å²) in [5.74, 6) is -6.12. The van der Waals surface area contributed by atoms with E-state index in [0.717, 1.165) is 24.3 Å². The molecule has 0 heterocycles. The zero-order chi connectivity index (χ0) is 21.9. The number of hydrogen-bond acceptors (Lipinski definition) is 10. The lowest BCUT2D eigenvalue weighted by Gasteiger charge is -2.22. The molecule has 0 aliphatic rings. The topological polar surface area (TPSA) is 174 Å². The van der Waals surface area contributed by atoms with E-state index in [1.54, 1.807) is 13.8 Å². The second-order valence-corrected chi connectivity index (χ2v) is 7.09. The van der Waals surface area contributed by atoms with E-state index in [0.29, 0.717) is 0 Å². The molecule has 0 bridgehead atoms. The zero-order valence-electron chi connectivity index (χ0n) is 15.5. The molecule has 0 unspecified atom stereocenters. The van der Waals surface area contributed by atoms with Crippen LogP contribution in [0.4, 0.5) is 0 Å². The van der Waals surface area contributed by atoms with Crippen LogP contribution in [0.5, 0.6) is 46.0 Å². The molecule has 0 atom stereocenters. The van der Waals surface area contributed by atoms with Gasteiger partial charge in [0.05, 0.1) is 12.8 Å². The van der Waals surface area contributed by atoms with E-state index < -0.39 is 51.9 Å². The fourth-order valence-electron chi connectivity index (χ4n) is 2.46. The van der Waals surface area contributed by atoms with Gasteiger partial charge in [0.15, 0.2) is 23.0 Å². The van der Waals surface area contributed by atoms with Crippen molar-refractivity contribution in [2.45, 2.75) is 26.7 Å². The van der Waals surface area contributed by atoms with Gasteiger partial charge in [-0.15, -0.1) is 0 Å². The van der Waals surface area contributed by atoms with Gasteiger partial charge in [-0.1, -0.05) is 13.8 Å². The molecular weight excluding hydrogens is 388 g/mol. The van der Waals surface area contributed by atoms with Gasteiger partial charge in [0.1, 0.15) is 11.5 Å². The lowest BCUT2D eigenvalue weighted by atomic mass is 9.86. The normalized spacial score (nSPS) is 11.1. The molecule has 10 heteroatoms. The Hall–Kier alpha value is -3.82. The van der Waals surface area contributed by atoms with E-state index in [2.05, 4.69) is 0 Å². The standard InChI is InChI=1S/C19H20O10/c1-19(2,7-15(24)28-9-3-11(20)17(26)12(21)4-9)8-16(25)29-10-5-13(22)18(27)14(23)6-10/h3-6,20-23,26-27H,7-8H2,1-2H3. The lowest BCUT2D eigenvalue weighted by Crippen LogP contribution is -2.25. The minimum absolute atomic E-state index is 0.198. The Balaban J connectivity index is 1.98. The van der Waals surface area contributed by atoms with Crippen LogP contribution < -0.4 is 9.47 Å². The Morgan fingerprint density at radius 2 is 0.966 bits per heavy atom. The van der Waals surface area contributed by atoms with E-state index in [1.165, 1.54) is 0 Å². The minimum atomic E-state index is -0.920. The average molecular weight is 408 g/mol. The maximum atomic E-state index is 12.1. The second-order valence-electron chi connectivity index (χ2n) is 7.09. The van der Waals surface area contributed by atoms with Gasteiger partial charge in [-0.25, -0.2) is 0 Å². The van der Waals surface area contributed by atoms with Crippen molar-refractivity contribution in [1.82, 2.24) is 0 Å². The maximum absolute atomic E-state index is 12.1. The third-order valence-electron chi connectivity index (χ3n) is 3.80. The highest BCUT2D eigenvalue weighted by molar-refractivity contribution is 5.77. The number of rotatable bonds is 6. The summed E-state index contributed by atoms with van der Waals surface area (Å²) in [6, 6.07) is 3.77. The molecule has 0 fully saturated rings. The first-order chi connectivity index (χ1) is 13.4. The summed E-state index contributed by atoms with van der Waals surface area (Å²) < 4.78 is 9.99. The van der Waals surface area contributed by atoms with Crippen LogP contribution in [-0.2, 0) is 9.59 Å². The van der Waals surface area contributed by atoms with Gasteiger partial charge >= 0.3 is 11.9 Å². The summed E-state index contributed by atoms with van der Waals surface area (Å²) in [5, 5.41) is 56.3. The van der Waals surface area contributed by atoms with Gasteiger partial charge in [-0.3, -0.25) is 9.59 Å². The number of carbonyl (C=O) groups is 2. The van der Waals surface area contributed by atoms with Crippen LogP contribution in [0.2, 0.25) is 0 Å². The van der Waals surface area contributed by atoms with Gasteiger partial charge in [0.25, 0.3) is 0 Å². The number of phenols is 6. The number of aromatic hydroxyl groups is 6. The number of phenolic OH excluding ortho intramolecular Hbond substituents is 6. The van der Waals surface area contributed by atoms with E-state index >= 15 is 0 Å². The van der Waals surface area contributed by atoms with Crippen LogP contribution in [0.3, 0.4) is 0 Å². The molecule has 2 aromatic carbocycles. The van der Waals surface area contributed by atoms with Crippen molar-refractivity contribution in [3.63, 3.8) is 0 Å². The third kappa shape index (κ3) is 5.58. The highest BCUT2D eigenvalue weighted by Crippen LogP contribution is 2.40. The number of hydrogen-bond donors (Lipinski definition) is 6. The van der Waals surface area contributed by atoms with Crippen molar-refractivity contribution >= 4 is 11.9 Å². The van der Waals surface area contributed by atoms with Crippen LogP contribution in [0.25, 0.3) is 0 Å². The Morgan fingerprint density at radius 3 is 1.24 bits per heavy atom. The van der Waals surface area contributed by atoms with Crippen molar-refractivity contribution in [2.24, 2.45) is 5.41 Å². The first kappa shape index (κ1) is 21.5. The Kier molecular flexibility index (Phi) is 5.96. The van der Waals surface area contributed by atoms with Crippen LogP contribution in [0, 0.1) is 5.41 Å². The van der Waals surface area contributed by atoms with Crippen molar-refractivity contribution in [1.29, 1.82) is 0 Å². The van der Waals surface area contributed by atoms with Crippen LogP contribution in [0.1, 0.15) is 26.7 Å². The fourth-order valence-corrected chi connectivity index (χ4v) is 2.46. The summed E-state index contributed by atoms with van der Waals surface area (Å²) in [7, 11) is 0. The van der Waals surface area contributed by atoms with E-state index in [9.17, 15) is 40.2 Å². The summed E-state index contributed by atoms with van der Waals surface area (Å²) in [4.78, 5) is 24.2. The van der Waals surface area contributed by atoms with Crippen molar-refractivity contribution in [3.05, 3.63) is 24.3 Å². The number of benzene rings is 2. The first-order valence-corrected chi connectivity index (χ1v) is 8.29. The molecule has 29 heavy (non-hydrogen) atoms. The molecule has 156 valence electrons. The predicted molar refractivity (Wildman–Crippen MR) is 97.2 cm³/mol. The molecule has 2 aromatic rings. The molecule has 0 radical (unpaired) electrons. The SMILES string of the molecule is CC(C)(CC(=O)Oc1cc(O)c(O)c(O)c1)CC(=O)Oc1cc(O)c(O)c(O)c1. The summed E-state index contributed by atoms with van der Waals surface area (Å²) in [6.07, 6.45) is -0.479. The predicted octanol–water partition coefficient (Wildman–Crippen LogP) is 2.24. The summed E-state index contributed by atoms with van der Waals surface area (Å²) in [5.41, 5.74) is -0.920. The van der Waals surface area contributed by atoms with E-state index in [1.807, 2.05) is 0 Å². The quantitative estimate of drug-likeness (QED) is 0.236. The zero-order valence-corrected chi connectivity index (χ0v) is 15.5. The molecule has 2 rings (SSSR count). The molecule has 0 aliphatic carbocycles. The Morgan fingerprint density at radius 1 is 0.690 bits per heavy atom. The van der Waals surface area contributed by atoms with E-state index in [4.69, 9.17) is 9.47 Å². The van der Waals surface area contributed by atoms with Crippen molar-refractivity contribution in [3.8, 4) is 46.0 Å². The smallest absolute Gasteiger partial charge is 0.311 e. The number of ether oxygens (including phenoxy) is 2. The lowest BCUT2D eigenvalue weighted by molar-refractivity contribution is -0.140. The van der Waals surface area contributed by atoms with Gasteiger partial charge in [0, 0.05) is 24.3 Å². The molecular formula is C19H20O10.